The normalized spacial score (nSPS) is 13.9. The van der Waals surface area contributed by atoms with Gasteiger partial charge in [-0.15, -0.1) is 0 Å². The van der Waals surface area contributed by atoms with Crippen LogP contribution in [0.4, 0.5) is 13.2 Å². The minimum atomic E-state index is -4.80. The van der Waals surface area contributed by atoms with Crippen LogP contribution in [0, 0.1) is 0 Å². The molecule has 16 heavy (non-hydrogen) atoms. The molecule has 0 spiro atoms. The van der Waals surface area contributed by atoms with Crippen molar-refractivity contribution < 1.29 is 27.4 Å². The molecule has 1 heterocycles. The van der Waals surface area contributed by atoms with Gasteiger partial charge in [0.15, 0.2) is 11.5 Å². The Morgan fingerprint density at radius 3 is 2.62 bits per heavy atom. The van der Waals surface area contributed by atoms with Crippen LogP contribution in [-0.2, 0) is 11.2 Å². The van der Waals surface area contributed by atoms with E-state index in [2.05, 4.69) is 0 Å². The zero-order valence-electron chi connectivity index (χ0n) is 8.00. The minimum Gasteiger partial charge on any atom is -0.454 e. The molecule has 1 aliphatic rings. The summed E-state index contributed by atoms with van der Waals surface area (Å²) in [5.74, 6) is -0.929. The first-order chi connectivity index (χ1) is 7.47. The summed E-state index contributed by atoms with van der Waals surface area (Å²) in [6, 6.07) is 4.28. The van der Waals surface area contributed by atoms with Gasteiger partial charge in [-0.3, -0.25) is 4.79 Å². The third-order valence-electron chi connectivity index (χ3n) is 2.12. The number of hydrogen-bond donors (Lipinski definition) is 0. The van der Waals surface area contributed by atoms with E-state index in [1.165, 1.54) is 18.2 Å². The van der Waals surface area contributed by atoms with Crippen molar-refractivity contribution >= 4 is 5.78 Å². The molecule has 1 aromatic carbocycles. The van der Waals surface area contributed by atoms with Crippen molar-refractivity contribution in [1.29, 1.82) is 0 Å². The smallest absolute Gasteiger partial charge is 0.450 e. The molecule has 0 N–H and O–H groups in total. The highest BCUT2D eigenvalue weighted by Gasteiger charge is 2.37. The van der Waals surface area contributed by atoms with Crippen molar-refractivity contribution in [2.24, 2.45) is 0 Å². The fraction of sp³-hybridized carbons (Fsp3) is 0.300. The second kappa shape index (κ2) is 3.70. The molecule has 3 nitrogen and oxygen atoms in total. The van der Waals surface area contributed by atoms with E-state index in [0.29, 0.717) is 11.5 Å². The highest BCUT2D eigenvalue weighted by atomic mass is 19.4. The lowest BCUT2D eigenvalue weighted by Gasteiger charge is -2.05. The first-order valence-corrected chi connectivity index (χ1v) is 4.45. The van der Waals surface area contributed by atoms with E-state index >= 15 is 0 Å². The maximum absolute atomic E-state index is 12.0. The number of halogens is 3. The monoisotopic (exact) mass is 232 g/mol. The van der Waals surface area contributed by atoms with E-state index in [1.54, 1.807) is 0 Å². The third-order valence-corrected chi connectivity index (χ3v) is 2.12. The molecule has 0 atom stereocenters. The van der Waals surface area contributed by atoms with E-state index in [9.17, 15) is 18.0 Å². The van der Waals surface area contributed by atoms with Crippen LogP contribution in [0.25, 0.3) is 0 Å². The maximum Gasteiger partial charge on any atom is 0.450 e. The van der Waals surface area contributed by atoms with Gasteiger partial charge < -0.3 is 9.47 Å². The molecule has 86 valence electrons. The van der Waals surface area contributed by atoms with Crippen LogP contribution in [0.1, 0.15) is 5.56 Å². The molecule has 0 unspecified atom stereocenters. The average molecular weight is 232 g/mol. The molecule has 0 aromatic heterocycles. The number of benzene rings is 1. The van der Waals surface area contributed by atoms with Crippen molar-refractivity contribution in [1.82, 2.24) is 0 Å². The number of alkyl halides is 3. The average Bonchev–Trinajstić information content (AvgIpc) is 2.63. The number of carbonyl (C=O) groups excluding carboxylic acids is 1. The van der Waals surface area contributed by atoms with Gasteiger partial charge in [-0.2, -0.15) is 13.2 Å². The second-order valence-electron chi connectivity index (χ2n) is 3.29. The third kappa shape index (κ3) is 2.10. The maximum atomic E-state index is 12.0. The number of carbonyl (C=O) groups is 1. The Kier molecular flexibility index (Phi) is 2.49. The Morgan fingerprint density at radius 1 is 1.25 bits per heavy atom. The largest absolute Gasteiger partial charge is 0.454 e. The number of rotatable bonds is 2. The number of hydrogen-bond acceptors (Lipinski definition) is 3. The zero-order valence-corrected chi connectivity index (χ0v) is 8.00. The Balaban J connectivity index is 2.14. The lowest BCUT2D eigenvalue weighted by Crippen LogP contribution is -2.24. The Labute approximate surface area is 88.8 Å². The lowest BCUT2D eigenvalue weighted by molar-refractivity contribution is -0.170. The molecule has 6 heteroatoms. The summed E-state index contributed by atoms with van der Waals surface area (Å²) in [5, 5.41) is 0. The van der Waals surface area contributed by atoms with Crippen LogP contribution in [0.2, 0.25) is 0 Å². The predicted octanol–water partition coefficient (Wildman–Crippen LogP) is 2.09. The fourth-order valence-electron chi connectivity index (χ4n) is 1.34. The van der Waals surface area contributed by atoms with Gasteiger partial charge in [-0.25, -0.2) is 0 Å². The van der Waals surface area contributed by atoms with E-state index in [0.717, 1.165) is 0 Å². The molecule has 0 saturated carbocycles. The van der Waals surface area contributed by atoms with E-state index in [1.807, 2.05) is 0 Å². The quantitative estimate of drug-likeness (QED) is 0.783. The van der Waals surface area contributed by atoms with Gasteiger partial charge >= 0.3 is 6.18 Å². The van der Waals surface area contributed by atoms with Crippen LogP contribution in [-0.4, -0.2) is 18.8 Å². The van der Waals surface area contributed by atoms with Gasteiger partial charge in [-0.05, 0) is 17.7 Å². The molecule has 0 fully saturated rings. The molecule has 0 radical (unpaired) electrons. The van der Waals surface area contributed by atoms with Crippen LogP contribution >= 0.6 is 0 Å². The lowest BCUT2D eigenvalue weighted by atomic mass is 10.1. The summed E-state index contributed by atoms with van der Waals surface area (Å²) >= 11 is 0. The Bertz CT molecular complexity index is 426. The topological polar surface area (TPSA) is 35.5 Å². The first-order valence-electron chi connectivity index (χ1n) is 4.45. The number of fused-ring (bicyclic) bond motifs is 1. The highest BCUT2D eigenvalue weighted by Crippen LogP contribution is 2.33. The summed E-state index contributed by atoms with van der Waals surface area (Å²) in [5.41, 5.74) is 0.256. The van der Waals surface area contributed by atoms with Crippen LogP contribution in [0.3, 0.4) is 0 Å². The first kappa shape index (κ1) is 10.8. The molecule has 0 saturated heterocycles. The van der Waals surface area contributed by atoms with Crippen molar-refractivity contribution in [2.75, 3.05) is 6.79 Å². The summed E-state index contributed by atoms with van der Waals surface area (Å²) in [7, 11) is 0. The van der Waals surface area contributed by atoms with Crippen LogP contribution in [0.15, 0.2) is 18.2 Å². The zero-order chi connectivity index (χ0) is 11.8. The van der Waals surface area contributed by atoms with Crippen molar-refractivity contribution in [3.8, 4) is 11.5 Å². The number of ketones is 1. The summed E-state index contributed by atoms with van der Waals surface area (Å²) in [6.07, 6.45) is -5.48. The van der Waals surface area contributed by atoms with Crippen molar-refractivity contribution in [2.45, 2.75) is 12.6 Å². The van der Waals surface area contributed by atoms with Gasteiger partial charge in [0, 0.05) is 6.42 Å². The summed E-state index contributed by atoms with van der Waals surface area (Å²) in [4.78, 5) is 10.7. The molecular weight excluding hydrogens is 225 g/mol. The SMILES string of the molecule is O=C(Cc1ccc2c(c1)OCO2)C(F)(F)F. The van der Waals surface area contributed by atoms with Gasteiger partial charge in [0.05, 0.1) is 0 Å². The Morgan fingerprint density at radius 2 is 1.94 bits per heavy atom. The second-order valence-corrected chi connectivity index (χ2v) is 3.29. The van der Waals surface area contributed by atoms with Gasteiger partial charge in [0.2, 0.25) is 12.6 Å². The van der Waals surface area contributed by atoms with E-state index in [4.69, 9.17) is 9.47 Å². The standard InChI is InChI=1S/C10H7F3O3/c11-10(12,13)9(14)4-6-1-2-7-8(3-6)16-5-15-7/h1-3H,4-5H2. The Hall–Kier alpha value is -1.72. The molecule has 0 aliphatic carbocycles. The molecule has 0 amide bonds. The van der Waals surface area contributed by atoms with Crippen molar-refractivity contribution in [3.05, 3.63) is 23.8 Å². The summed E-state index contributed by atoms with van der Waals surface area (Å²) < 4.78 is 46.0. The fourth-order valence-corrected chi connectivity index (χ4v) is 1.34. The van der Waals surface area contributed by atoms with Gasteiger partial charge in [-0.1, -0.05) is 6.07 Å². The number of ether oxygens (including phenoxy) is 2. The predicted molar refractivity (Wildman–Crippen MR) is 47.3 cm³/mol. The van der Waals surface area contributed by atoms with E-state index in [-0.39, 0.29) is 12.4 Å². The highest BCUT2D eigenvalue weighted by molar-refractivity contribution is 5.86. The molecule has 0 bridgehead atoms. The van der Waals surface area contributed by atoms with Crippen LogP contribution in [0.5, 0.6) is 11.5 Å². The molecule has 1 aromatic rings. The van der Waals surface area contributed by atoms with Crippen LogP contribution < -0.4 is 9.47 Å². The summed E-state index contributed by atoms with van der Waals surface area (Å²) in [6.45, 7) is 0.0476. The minimum absolute atomic E-state index is 0.0476. The van der Waals surface area contributed by atoms with Gasteiger partial charge in [0.1, 0.15) is 0 Å². The number of Topliss-reactive ketones (excluding diaryl/α,β-unsaturated/α-hetero) is 1. The molecular formula is C10H7F3O3. The van der Waals surface area contributed by atoms with Gasteiger partial charge in [0.25, 0.3) is 0 Å². The van der Waals surface area contributed by atoms with Crippen molar-refractivity contribution in [3.63, 3.8) is 0 Å². The molecule has 2 rings (SSSR count). The molecule has 1 aliphatic heterocycles. The van der Waals surface area contributed by atoms with E-state index < -0.39 is 18.4 Å².